The van der Waals surface area contributed by atoms with Crippen LogP contribution in [0.25, 0.3) is 0 Å². The maximum Gasteiger partial charge on any atom is 0.263 e. The van der Waals surface area contributed by atoms with Gasteiger partial charge in [-0.2, -0.15) is 0 Å². The van der Waals surface area contributed by atoms with Gasteiger partial charge in [0, 0.05) is 24.5 Å². The van der Waals surface area contributed by atoms with E-state index in [9.17, 15) is 4.79 Å². The molecule has 2 aliphatic rings. The summed E-state index contributed by atoms with van der Waals surface area (Å²) in [4.78, 5) is 16.8. The number of amides is 1. The number of likely N-dealkylation sites (N-methyl/N-ethyl adjacent to an activating group) is 1. The highest BCUT2D eigenvalue weighted by Crippen LogP contribution is 2.31. The predicted molar refractivity (Wildman–Crippen MR) is 74.3 cm³/mol. The van der Waals surface area contributed by atoms with Crippen molar-refractivity contribution in [2.75, 3.05) is 20.1 Å². The molecule has 18 heavy (non-hydrogen) atoms. The molecular formula is C14H20N2OS. The van der Waals surface area contributed by atoms with Crippen molar-refractivity contribution in [2.24, 2.45) is 0 Å². The van der Waals surface area contributed by atoms with Gasteiger partial charge in [-0.3, -0.25) is 4.79 Å². The first kappa shape index (κ1) is 12.2. The number of fused-ring (bicyclic) bond motifs is 1. The second-order valence-corrected chi connectivity index (χ2v) is 6.47. The van der Waals surface area contributed by atoms with Gasteiger partial charge in [0.05, 0.1) is 4.88 Å². The van der Waals surface area contributed by atoms with Crippen molar-refractivity contribution in [3.8, 4) is 0 Å². The highest BCUT2D eigenvalue weighted by atomic mass is 32.1. The summed E-state index contributed by atoms with van der Waals surface area (Å²) in [6.07, 6.45) is 5.89. The van der Waals surface area contributed by atoms with Gasteiger partial charge in [-0.05, 0) is 50.3 Å². The fourth-order valence-electron chi connectivity index (χ4n) is 2.94. The van der Waals surface area contributed by atoms with Crippen LogP contribution in [-0.2, 0) is 12.8 Å². The van der Waals surface area contributed by atoms with Gasteiger partial charge in [0.15, 0.2) is 0 Å². The number of piperidine rings is 1. The summed E-state index contributed by atoms with van der Waals surface area (Å²) in [6.45, 7) is 2.03. The first-order valence-electron chi connectivity index (χ1n) is 6.85. The summed E-state index contributed by atoms with van der Waals surface area (Å²) in [5.41, 5.74) is 1.42. The van der Waals surface area contributed by atoms with Gasteiger partial charge >= 0.3 is 0 Å². The van der Waals surface area contributed by atoms with E-state index in [1.807, 2.05) is 11.9 Å². The molecule has 0 radical (unpaired) electrons. The smallest absolute Gasteiger partial charge is 0.263 e. The lowest BCUT2D eigenvalue weighted by atomic mass is 10.1. The second kappa shape index (κ2) is 5.02. The van der Waals surface area contributed by atoms with Gasteiger partial charge in [-0.1, -0.05) is 0 Å². The highest BCUT2D eigenvalue weighted by molar-refractivity contribution is 7.14. The molecule has 1 saturated heterocycles. The third-order valence-electron chi connectivity index (χ3n) is 4.10. The summed E-state index contributed by atoms with van der Waals surface area (Å²) < 4.78 is 0. The second-order valence-electron chi connectivity index (χ2n) is 5.33. The minimum absolute atomic E-state index is 0.211. The van der Waals surface area contributed by atoms with Crippen LogP contribution < -0.4 is 5.32 Å². The van der Waals surface area contributed by atoms with E-state index < -0.39 is 0 Å². The maximum atomic E-state index is 12.5. The zero-order valence-corrected chi connectivity index (χ0v) is 11.7. The van der Waals surface area contributed by atoms with Gasteiger partial charge in [0.2, 0.25) is 0 Å². The number of thiophene rings is 1. The largest absolute Gasteiger partial charge is 0.337 e. The Morgan fingerprint density at radius 1 is 1.44 bits per heavy atom. The van der Waals surface area contributed by atoms with Crippen LogP contribution in [0.15, 0.2) is 6.07 Å². The summed E-state index contributed by atoms with van der Waals surface area (Å²) in [5, 5.41) is 3.37. The fourth-order valence-corrected chi connectivity index (χ4v) is 4.17. The average Bonchev–Trinajstić information content (AvgIpc) is 2.99. The predicted octanol–water partition coefficient (Wildman–Crippen LogP) is 2.06. The minimum Gasteiger partial charge on any atom is -0.337 e. The topological polar surface area (TPSA) is 32.3 Å². The van der Waals surface area contributed by atoms with E-state index in [-0.39, 0.29) is 5.91 Å². The SMILES string of the molecule is CN(C(=O)c1cc2c(s1)CCC2)C1CCCNC1. The average molecular weight is 264 g/mol. The number of hydrogen-bond donors (Lipinski definition) is 1. The molecule has 0 saturated carbocycles. The van der Waals surface area contributed by atoms with Crippen molar-refractivity contribution < 1.29 is 4.79 Å². The van der Waals surface area contributed by atoms with Gasteiger partial charge in [-0.25, -0.2) is 0 Å². The normalized spacial score (nSPS) is 22.8. The molecule has 0 bridgehead atoms. The Kier molecular flexibility index (Phi) is 3.39. The number of rotatable bonds is 2. The molecule has 2 heterocycles. The molecule has 1 unspecified atom stereocenters. The first-order chi connectivity index (χ1) is 8.75. The van der Waals surface area contributed by atoms with Gasteiger partial charge in [-0.15, -0.1) is 11.3 Å². The van der Waals surface area contributed by atoms with E-state index in [4.69, 9.17) is 0 Å². The number of aryl methyl sites for hydroxylation is 2. The molecule has 1 N–H and O–H groups in total. The number of nitrogens with zero attached hydrogens (tertiary/aromatic N) is 1. The van der Waals surface area contributed by atoms with Crippen LogP contribution in [0.3, 0.4) is 0 Å². The number of carbonyl (C=O) groups is 1. The number of nitrogens with one attached hydrogen (secondary N) is 1. The zero-order chi connectivity index (χ0) is 12.5. The van der Waals surface area contributed by atoms with E-state index in [2.05, 4.69) is 11.4 Å². The van der Waals surface area contributed by atoms with E-state index in [1.54, 1.807) is 11.3 Å². The van der Waals surface area contributed by atoms with Gasteiger partial charge < -0.3 is 10.2 Å². The van der Waals surface area contributed by atoms with Crippen molar-refractivity contribution in [2.45, 2.75) is 38.1 Å². The van der Waals surface area contributed by atoms with Crippen molar-refractivity contribution in [1.82, 2.24) is 10.2 Å². The molecule has 1 amide bonds. The Bertz CT molecular complexity index is 427. The molecule has 98 valence electrons. The van der Waals surface area contributed by atoms with Crippen LogP contribution in [0.5, 0.6) is 0 Å². The van der Waals surface area contributed by atoms with Crippen molar-refractivity contribution >= 4 is 17.2 Å². The standard InChI is InChI=1S/C14H20N2OS/c1-16(11-5-3-7-15-9-11)14(17)13-8-10-4-2-6-12(10)18-13/h8,11,15H,2-7,9H2,1H3. The Morgan fingerprint density at radius 2 is 2.33 bits per heavy atom. The molecule has 1 aliphatic carbocycles. The third-order valence-corrected chi connectivity index (χ3v) is 5.32. The fraction of sp³-hybridized carbons (Fsp3) is 0.643. The van der Waals surface area contributed by atoms with Crippen LogP contribution in [-0.4, -0.2) is 37.0 Å². The Morgan fingerprint density at radius 3 is 3.06 bits per heavy atom. The molecule has 4 heteroatoms. The quantitative estimate of drug-likeness (QED) is 0.887. The lowest BCUT2D eigenvalue weighted by Gasteiger charge is -2.31. The molecule has 1 fully saturated rings. The van der Waals surface area contributed by atoms with E-state index in [0.717, 1.165) is 30.8 Å². The highest BCUT2D eigenvalue weighted by Gasteiger charge is 2.25. The van der Waals surface area contributed by atoms with Crippen LogP contribution in [0.4, 0.5) is 0 Å². The van der Waals surface area contributed by atoms with Crippen LogP contribution >= 0.6 is 11.3 Å². The Balaban J connectivity index is 1.72. The van der Waals surface area contributed by atoms with Crippen molar-refractivity contribution in [1.29, 1.82) is 0 Å². The monoisotopic (exact) mass is 264 g/mol. The van der Waals surface area contributed by atoms with Crippen LogP contribution in [0.1, 0.15) is 39.4 Å². The summed E-state index contributed by atoms with van der Waals surface area (Å²) in [5.74, 6) is 0.211. The lowest BCUT2D eigenvalue weighted by molar-refractivity contribution is 0.0713. The summed E-state index contributed by atoms with van der Waals surface area (Å²) in [6, 6.07) is 2.49. The first-order valence-corrected chi connectivity index (χ1v) is 7.67. The Labute approximate surface area is 112 Å². The molecule has 1 atom stereocenters. The molecule has 3 rings (SSSR count). The van der Waals surface area contributed by atoms with Crippen LogP contribution in [0, 0.1) is 0 Å². The number of carbonyl (C=O) groups excluding carboxylic acids is 1. The molecule has 1 aromatic heterocycles. The molecule has 1 aliphatic heterocycles. The zero-order valence-electron chi connectivity index (χ0n) is 10.9. The molecular weight excluding hydrogens is 244 g/mol. The molecule has 0 aromatic carbocycles. The van der Waals surface area contributed by atoms with E-state index in [0.29, 0.717) is 6.04 Å². The van der Waals surface area contributed by atoms with Crippen LogP contribution in [0.2, 0.25) is 0 Å². The molecule has 3 nitrogen and oxygen atoms in total. The van der Waals surface area contributed by atoms with Crippen molar-refractivity contribution in [3.63, 3.8) is 0 Å². The molecule has 1 aromatic rings. The maximum absolute atomic E-state index is 12.5. The Hall–Kier alpha value is -0.870. The van der Waals surface area contributed by atoms with E-state index >= 15 is 0 Å². The lowest BCUT2D eigenvalue weighted by Crippen LogP contribution is -2.46. The molecule has 0 spiro atoms. The minimum atomic E-state index is 0.211. The van der Waals surface area contributed by atoms with Crippen molar-refractivity contribution in [3.05, 3.63) is 21.4 Å². The number of hydrogen-bond acceptors (Lipinski definition) is 3. The third kappa shape index (κ3) is 2.19. The van der Waals surface area contributed by atoms with E-state index in [1.165, 1.54) is 29.7 Å². The summed E-state index contributed by atoms with van der Waals surface area (Å²) in [7, 11) is 1.95. The van der Waals surface area contributed by atoms with Gasteiger partial charge in [0.25, 0.3) is 5.91 Å². The van der Waals surface area contributed by atoms with Gasteiger partial charge in [0.1, 0.15) is 0 Å². The summed E-state index contributed by atoms with van der Waals surface area (Å²) >= 11 is 1.71.